The van der Waals surface area contributed by atoms with Crippen molar-refractivity contribution in [2.45, 2.75) is 0 Å². The summed E-state index contributed by atoms with van der Waals surface area (Å²) in [5, 5.41) is 8.13. The lowest BCUT2D eigenvalue weighted by Crippen LogP contribution is -2.00. The van der Waals surface area contributed by atoms with E-state index in [1.165, 1.54) is 0 Å². The molecule has 0 bridgehead atoms. The molecule has 0 aliphatic carbocycles. The molecule has 0 fully saturated rings. The van der Waals surface area contributed by atoms with Gasteiger partial charge in [0.05, 0.1) is 11.3 Å². The second-order valence-electron chi connectivity index (χ2n) is 1.29. The van der Waals surface area contributed by atoms with Crippen molar-refractivity contribution in [3.05, 3.63) is 12.2 Å². The molecule has 0 N–H and O–H groups in total. The van der Waals surface area contributed by atoms with Crippen LogP contribution >= 0.6 is 22.5 Å². The quantitative estimate of drug-likeness (QED) is 0.291. The lowest BCUT2D eigenvalue weighted by atomic mass is 10.2. The second kappa shape index (κ2) is 4.48. The number of hydrogen-bond acceptors (Lipinski definition) is 4. The van der Waals surface area contributed by atoms with Crippen LogP contribution in [0.2, 0.25) is 0 Å². The van der Waals surface area contributed by atoms with E-state index in [2.05, 4.69) is 18.2 Å². The van der Waals surface area contributed by atoms with Gasteiger partial charge in [0.1, 0.15) is 6.07 Å². The highest BCUT2D eigenvalue weighted by molar-refractivity contribution is 8.68. The minimum atomic E-state index is -0.252. The average Bonchev–Trinajstić information content (AvgIpc) is 1.87. The van der Waals surface area contributed by atoms with E-state index in [9.17, 15) is 4.79 Å². The van der Waals surface area contributed by atoms with Gasteiger partial charge in [-0.2, -0.15) is 5.26 Å². The van der Waals surface area contributed by atoms with Crippen molar-refractivity contribution < 1.29 is 4.79 Å². The molecule has 0 saturated carbocycles. The predicted octanol–water partition coefficient (Wildman–Crippen LogP) is 1.21. The van der Waals surface area contributed by atoms with Crippen molar-refractivity contribution in [3.63, 3.8) is 0 Å². The summed E-state index contributed by atoms with van der Waals surface area (Å²) in [5.74, 6) is -0.0346. The number of thiol groups is 1. The van der Waals surface area contributed by atoms with Gasteiger partial charge in [0, 0.05) is 0 Å². The molecular weight excluding hydrogens is 154 g/mol. The Hall–Kier alpha value is -0.400. The fraction of sp³-hybridized carbons (Fsp3) is 0.200. The molecule has 0 unspecified atom stereocenters. The van der Waals surface area contributed by atoms with Crippen LogP contribution in [0, 0.1) is 11.3 Å². The van der Waals surface area contributed by atoms with Crippen molar-refractivity contribution in [1.29, 1.82) is 5.26 Å². The summed E-state index contributed by atoms with van der Waals surface area (Å²) in [6.45, 7) is 3.23. The number of nitrogens with zero attached hydrogens (tertiary/aromatic N) is 1. The lowest BCUT2D eigenvalue weighted by molar-refractivity contribution is -0.112. The molecule has 0 aromatic heterocycles. The van der Waals surface area contributed by atoms with Crippen molar-refractivity contribution in [3.8, 4) is 6.07 Å². The number of allylic oxidation sites excluding steroid dienone is 1. The molecule has 0 aromatic rings. The zero-order chi connectivity index (χ0) is 7.28. The highest BCUT2D eigenvalue weighted by Crippen LogP contribution is 2.06. The van der Waals surface area contributed by atoms with Crippen LogP contribution in [0.4, 0.5) is 0 Å². The first-order valence-corrected chi connectivity index (χ1v) is 4.14. The van der Waals surface area contributed by atoms with Crippen molar-refractivity contribution in [2.75, 3.05) is 5.75 Å². The van der Waals surface area contributed by atoms with Crippen LogP contribution in [0.5, 0.6) is 0 Å². The Kier molecular flexibility index (Phi) is 4.28. The van der Waals surface area contributed by atoms with E-state index in [0.717, 1.165) is 10.8 Å². The van der Waals surface area contributed by atoms with Crippen LogP contribution in [0.1, 0.15) is 0 Å². The van der Waals surface area contributed by atoms with Gasteiger partial charge in [-0.15, -0.1) is 11.7 Å². The van der Waals surface area contributed by atoms with E-state index in [-0.39, 0.29) is 17.1 Å². The number of carbonyl (C=O) groups is 1. The Morgan fingerprint density at radius 3 is 2.78 bits per heavy atom. The maximum Gasteiger partial charge on any atom is 0.183 e. The summed E-state index contributed by atoms with van der Waals surface area (Å²) >= 11 is 3.74. The van der Waals surface area contributed by atoms with Gasteiger partial charge < -0.3 is 0 Å². The van der Waals surface area contributed by atoms with E-state index in [4.69, 9.17) is 5.26 Å². The molecule has 0 spiro atoms. The third-order valence-corrected chi connectivity index (χ3v) is 1.45. The number of Topliss-reactive ketones (excluding diaryl/α,β-unsaturated/α-hetero) is 1. The topological polar surface area (TPSA) is 40.9 Å². The molecule has 0 heterocycles. The second-order valence-corrected chi connectivity index (χ2v) is 2.61. The van der Waals surface area contributed by atoms with Gasteiger partial charge in [0.15, 0.2) is 5.78 Å². The fourth-order valence-corrected chi connectivity index (χ4v) is 0.851. The van der Waals surface area contributed by atoms with E-state index < -0.39 is 0 Å². The average molecular weight is 159 g/mol. The molecule has 4 heteroatoms. The summed E-state index contributed by atoms with van der Waals surface area (Å²) in [5.41, 5.74) is -0.00319. The van der Waals surface area contributed by atoms with Gasteiger partial charge in [0.25, 0.3) is 0 Å². The van der Waals surface area contributed by atoms with Crippen LogP contribution in [-0.4, -0.2) is 11.5 Å². The first kappa shape index (κ1) is 8.60. The molecule has 0 radical (unpaired) electrons. The van der Waals surface area contributed by atoms with Crippen molar-refractivity contribution >= 4 is 28.2 Å². The maximum atomic E-state index is 10.6. The smallest absolute Gasteiger partial charge is 0.183 e. The van der Waals surface area contributed by atoms with E-state index >= 15 is 0 Å². The van der Waals surface area contributed by atoms with Gasteiger partial charge in [-0.1, -0.05) is 17.4 Å². The molecule has 2 nitrogen and oxygen atoms in total. The molecule has 0 atom stereocenters. The largest absolute Gasteiger partial charge is 0.292 e. The number of ketones is 1. The van der Waals surface area contributed by atoms with Crippen LogP contribution in [0.15, 0.2) is 12.2 Å². The van der Waals surface area contributed by atoms with Crippen LogP contribution in [-0.2, 0) is 4.79 Å². The minimum Gasteiger partial charge on any atom is -0.292 e. The molecule has 0 aliphatic rings. The van der Waals surface area contributed by atoms with E-state index in [1.807, 2.05) is 0 Å². The Morgan fingerprint density at radius 1 is 1.89 bits per heavy atom. The molecular formula is C5H5NOS2. The van der Waals surface area contributed by atoms with Crippen molar-refractivity contribution in [1.82, 2.24) is 0 Å². The van der Waals surface area contributed by atoms with Gasteiger partial charge in [-0.05, 0) is 0 Å². The van der Waals surface area contributed by atoms with Crippen LogP contribution < -0.4 is 0 Å². The predicted molar refractivity (Wildman–Crippen MR) is 41.2 cm³/mol. The summed E-state index contributed by atoms with van der Waals surface area (Å²) in [6, 6.07) is 1.66. The monoisotopic (exact) mass is 159 g/mol. The third-order valence-electron chi connectivity index (χ3n) is 0.667. The number of hydrogen-bond donors (Lipinski definition) is 1. The zero-order valence-electron chi connectivity index (χ0n) is 4.63. The summed E-state index contributed by atoms with van der Waals surface area (Å²) in [7, 11) is 1.09. The van der Waals surface area contributed by atoms with Gasteiger partial charge in [-0.3, -0.25) is 4.79 Å². The zero-order valence-corrected chi connectivity index (χ0v) is 6.34. The van der Waals surface area contributed by atoms with E-state index in [1.54, 1.807) is 6.07 Å². The Morgan fingerprint density at radius 2 is 2.44 bits per heavy atom. The summed E-state index contributed by atoms with van der Waals surface area (Å²) in [6.07, 6.45) is 0. The Labute approximate surface area is 62.7 Å². The number of carbonyl (C=O) groups excluding carboxylic acids is 1. The molecule has 0 rings (SSSR count). The van der Waals surface area contributed by atoms with Gasteiger partial charge in [0.2, 0.25) is 0 Å². The normalized spacial score (nSPS) is 8.00. The highest BCUT2D eigenvalue weighted by Gasteiger charge is 2.03. The summed E-state index contributed by atoms with van der Waals surface area (Å²) < 4.78 is 0. The fourth-order valence-electron chi connectivity index (χ4n) is 0.208. The molecule has 0 aromatic carbocycles. The molecule has 9 heavy (non-hydrogen) atoms. The van der Waals surface area contributed by atoms with Crippen LogP contribution in [0.3, 0.4) is 0 Å². The number of nitriles is 1. The first-order valence-electron chi connectivity index (χ1n) is 2.11. The van der Waals surface area contributed by atoms with Gasteiger partial charge >= 0.3 is 0 Å². The van der Waals surface area contributed by atoms with Crippen LogP contribution in [0.25, 0.3) is 0 Å². The maximum absolute atomic E-state index is 10.6. The number of rotatable bonds is 3. The molecule has 0 aliphatic heterocycles. The van der Waals surface area contributed by atoms with Gasteiger partial charge in [-0.25, -0.2) is 0 Å². The first-order chi connectivity index (χ1) is 4.22. The Bertz CT molecular complexity index is 170. The highest BCUT2D eigenvalue weighted by atomic mass is 33.1. The van der Waals surface area contributed by atoms with E-state index in [0.29, 0.717) is 0 Å². The molecule has 0 amide bonds. The summed E-state index contributed by atoms with van der Waals surface area (Å²) in [4.78, 5) is 10.6. The standard InChI is InChI=1S/C5H5NOS2/c1-4(2-6)5(7)3-9-8/h8H,1,3H2. The molecule has 0 saturated heterocycles. The third kappa shape index (κ3) is 3.22. The lowest BCUT2D eigenvalue weighted by Gasteiger charge is -1.88. The minimum absolute atomic E-state index is 0.00319. The van der Waals surface area contributed by atoms with Crippen molar-refractivity contribution in [2.24, 2.45) is 0 Å². The SMILES string of the molecule is C=C(C#N)C(=O)CSS. The molecule has 48 valence electrons. The Balaban J connectivity index is 3.78.